The molecule has 21 heavy (non-hydrogen) atoms. The Morgan fingerprint density at radius 1 is 1.29 bits per heavy atom. The molecule has 110 valence electrons. The van der Waals surface area contributed by atoms with Crippen molar-refractivity contribution in [1.29, 1.82) is 0 Å². The number of nitrogens with zero attached hydrogens (tertiary/aromatic N) is 3. The van der Waals surface area contributed by atoms with Crippen molar-refractivity contribution < 1.29 is 4.79 Å². The van der Waals surface area contributed by atoms with Crippen LogP contribution >= 0.6 is 0 Å². The van der Waals surface area contributed by atoms with Gasteiger partial charge in [-0.05, 0) is 42.7 Å². The van der Waals surface area contributed by atoms with E-state index in [-0.39, 0.29) is 5.91 Å². The number of carbonyl (C=O) groups is 1. The molecule has 0 spiro atoms. The first kappa shape index (κ1) is 13.7. The number of aryl methyl sites for hydroxylation is 2. The standard InChI is InChI=1S/C16H20N4O/c1-19-14(7-9-18-19)8-10-20-15-6-5-13(17)11-12(15)3-2-4-16(20)21/h5-7,9,11H,2-4,8,10,17H2,1H3. The highest BCUT2D eigenvalue weighted by Crippen LogP contribution is 2.28. The Balaban J connectivity index is 1.86. The van der Waals surface area contributed by atoms with E-state index in [2.05, 4.69) is 5.10 Å². The zero-order valence-electron chi connectivity index (χ0n) is 12.2. The smallest absolute Gasteiger partial charge is 0.227 e. The number of benzene rings is 1. The number of hydrogen-bond acceptors (Lipinski definition) is 3. The summed E-state index contributed by atoms with van der Waals surface area (Å²) in [5.74, 6) is 0.195. The van der Waals surface area contributed by atoms with Crippen molar-refractivity contribution in [3.63, 3.8) is 0 Å². The van der Waals surface area contributed by atoms with Gasteiger partial charge in [0.15, 0.2) is 0 Å². The van der Waals surface area contributed by atoms with E-state index in [0.717, 1.165) is 36.3 Å². The van der Waals surface area contributed by atoms with Gasteiger partial charge in [-0.3, -0.25) is 9.48 Å². The molecule has 2 N–H and O–H groups in total. The van der Waals surface area contributed by atoms with Crippen molar-refractivity contribution in [2.24, 2.45) is 7.05 Å². The predicted octanol–water partition coefficient (Wildman–Crippen LogP) is 1.91. The third-order valence-corrected chi connectivity index (χ3v) is 4.05. The number of aromatic nitrogens is 2. The van der Waals surface area contributed by atoms with Crippen molar-refractivity contribution >= 4 is 17.3 Å². The first-order valence-corrected chi connectivity index (χ1v) is 7.31. The summed E-state index contributed by atoms with van der Waals surface area (Å²) in [5.41, 5.74) is 9.94. The molecule has 1 aliphatic heterocycles. The first-order chi connectivity index (χ1) is 10.1. The van der Waals surface area contributed by atoms with E-state index >= 15 is 0 Å². The minimum atomic E-state index is 0.195. The molecule has 5 heteroatoms. The fraction of sp³-hybridized carbons (Fsp3) is 0.375. The SMILES string of the molecule is Cn1nccc1CCN1C(=O)CCCc2cc(N)ccc21. The molecular weight excluding hydrogens is 264 g/mol. The second-order valence-corrected chi connectivity index (χ2v) is 5.48. The Kier molecular flexibility index (Phi) is 3.64. The quantitative estimate of drug-likeness (QED) is 0.876. The fourth-order valence-electron chi connectivity index (χ4n) is 2.89. The van der Waals surface area contributed by atoms with Crippen LogP contribution in [0, 0.1) is 0 Å². The highest BCUT2D eigenvalue weighted by Gasteiger charge is 2.22. The summed E-state index contributed by atoms with van der Waals surface area (Å²) < 4.78 is 1.85. The molecule has 2 aromatic rings. The number of fused-ring (bicyclic) bond motifs is 1. The molecule has 1 aromatic carbocycles. The maximum absolute atomic E-state index is 12.4. The fourth-order valence-corrected chi connectivity index (χ4v) is 2.89. The minimum absolute atomic E-state index is 0.195. The van der Waals surface area contributed by atoms with E-state index in [9.17, 15) is 4.79 Å². The normalized spacial score (nSPS) is 14.9. The molecule has 5 nitrogen and oxygen atoms in total. The summed E-state index contributed by atoms with van der Waals surface area (Å²) in [6.07, 6.45) is 4.98. The number of nitrogen functional groups attached to an aromatic ring is 1. The average molecular weight is 284 g/mol. The van der Waals surface area contributed by atoms with Crippen LogP contribution in [0.1, 0.15) is 24.1 Å². The number of carbonyl (C=O) groups excluding carboxylic acids is 1. The van der Waals surface area contributed by atoms with Gasteiger partial charge in [-0.25, -0.2) is 0 Å². The van der Waals surface area contributed by atoms with Crippen LogP contribution in [0.25, 0.3) is 0 Å². The molecule has 0 bridgehead atoms. The van der Waals surface area contributed by atoms with E-state index in [1.54, 1.807) is 6.20 Å². The summed E-state index contributed by atoms with van der Waals surface area (Å²) in [6, 6.07) is 7.82. The van der Waals surface area contributed by atoms with Crippen LogP contribution in [0.3, 0.4) is 0 Å². The number of amides is 1. The van der Waals surface area contributed by atoms with Crippen molar-refractivity contribution in [3.8, 4) is 0 Å². The molecule has 0 atom stereocenters. The molecule has 0 saturated heterocycles. The monoisotopic (exact) mass is 284 g/mol. The zero-order chi connectivity index (χ0) is 14.8. The number of hydrogen-bond donors (Lipinski definition) is 1. The highest BCUT2D eigenvalue weighted by atomic mass is 16.2. The van der Waals surface area contributed by atoms with Gasteiger partial charge >= 0.3 is 0 Å². The van der Waals surface area contributed by atoms with Gasteiger partial charge in [-0.1, -0.05) is 0 Å². The van der Waals surface area contributed by atoms with Crippen LogP contribution in [0.15, 0.2) is 30.5 Å². The molecule has 1 aromatic heterocycles. The van der Waals surface area contributed by atoms with Gasteiger partial charge in [0, 0.05) is 49.7 Å². The minimum Gasteiger partial charge on any atom is -0.399 e. The van der Waals surface area contributed by atoms with Crippen LogP contribution in [0.2, 0.25) is 0 Å². The van der Waals surface area contributed by atoms with E-state index in [1.807, 2.05) is 40.9 Å². The zero-order valence-corrected chi connectivity index (χ0v) is 12.2. The summed E-state index contributed by atoms with van der Waals surface area (Å²) in [4.78, 5) is 14.3. The number of rotatable bonds is 3. The lowest BCUT2D eigenvalue weighted by molar-refractivity contribution is -0.118. The molecule has 0 radical (unpaired) electrons. The van der Waals surface area contributed by atoms with E-state index < -0.39 is 0 Å². The third kappa shape index (κ3) is 2.77. The van der Waals surface area contributed by atoms with Gasteiger partial charge in [0.2, 0.25) is 5.91 Å². The lowest BCUT2D eigenvalue weighted by Crippen LogP contribution is -2.32. The van der Waals surface area contributed by atoms with Crippen molar-refractivity contribution in [3.05, 3.63) is 41.7 Å². The second-order valence-electron chi connectivity index (χ2n) is 5.48. The van der Waals surface area contributed by atoms with Gasteiger partial charge in [0.25, 0.3) is 0 Å². The Morgan fingerprint density at radius 2 is 2.14 bits per heavy atom. The van der Waals surface area contributed by atoms with Gasteiger partial charge < -0.3 is 10.6 Å². The molecule has 0 saturated carbocycles. The van der Waals surface area contributed by atoms with Crippen LogP contribution < -0.4 is 10.6 Å². The van der Waals surface area contributed by atoms with E-state index in [0.29, 0.717) is 13.0 Å². The molecule has 0 unspecified atom stereocenters. The average Bonchev–Trinajstić information content (AvgIpc) is 2.79. The first-order valence-electron chi connectivity index (χ1n) is 7.31. The predicted molar refractivity (Wildman–Crippen MR) is 83.1 cm³/mol. The molecular formula is C16H20N4O. The topological polar surface area (TPSA) is 64.2 Å². The van der Waals surface area contributed by atoms with Crippen molar-refractivity contribution in [2.75, 3.05) is 17.2 Å². The Hall–Kier alpha value is -2.30. The summed E-state index contributed by atoms with van der Waals surface area (Å²) in [7, 11) is 1.92. The van der Waals surface area contributed by atoms with Crippen molar-refractivity contribution in [2.45, 2.75) is 25.7 Å². The van der Waals surface area contributed by atoms with Crippen LogP contribution in [-0.2, 0) is 24.7 Å². The van der Waals surface area contributed by atoms with E-state index in [4.69, 9.17) is 5.73 Å². The Bertz CT molecular complexity index is 662. The molecule has 3 rings (SSSR count). The van der Waals surface area contributed by atoms with Crippen LogP contribution in [-0.4, -0.2) is 22.2 Å². The summed E-state index contributed by atoms with van der Waals surface area (Å²) >= 11 is 0. The maximum atomic E-state index is 12.4. The Morgan fingerprint density at radius 3 is 2.90 bits per heavy atom. The van der Waals surface area contributed by atoms with Gasteiger partial charge in [0.05, 0.1) is 0 Å². The third-order valence-electron chi connectivity index (χ3n) is 4.05. The van der Waals surface area contributed by atoms with E-state index in [1.165, 1.54) is 5.56 Å². The van der Waals surface area contributed by atoms with Gasteiger partial charge in [0.1, 0.15) is 0 Å². The second kappa shape index (κ2) is 5.60. The number of nitrogens with two attached hydrogens (primary N) is 1. The number of anilines is 2. The maximum Gasteiger partial charge on any atom is 0.227 e. The molecule has 1 amide bonds. The molecule has 0 aliphatic carbocycles. The largest absolute Gasteiger partial charge is 0.399 e. The lowest BCUT2D eigenvalue weighted by Gasteiger charge is -2.23. The lowest BCUT2D eigenvalue weighted by atomic mass is 10.1. The molecule has 1 aliphatic rings. The summed E-state index contributed by atoms with van der Waals surface area (Å²) in [5, 5.41) is 4.17. The molecule has 0 fully saturated rings. The van der Waals surface area contributed by atoms with Gasteiger partial charge in [-0.15, -0.1) is 0 Å². The van der Waals surface area contributed by atoms with Crippen molar-refractivity contribution in [1.82, 2.24) is 9.78 Å². The van der Waals surface area contributed by atoms with Crippen LogP contribution in [0.4, 0.5) is 11.4 Å². The van der Waals surface area contributed by atoms with Gasteiger partial charge in [-0.2, -0.15) is 5.10 Å². The highest BCUT2D eigenvalue weighted by molar-refractivity contribution is 5.95. The summed E-state index contributed by atoms with van der Waals surface area (Å²) in [6.45, 7) is 0.676. The molecule has 2 heterocycles. The van der Waals surface area contributed by atoms with Crippen LogP contribution in [0.5, 0.6) is 0 Å². The Labute approximate surface area is 124 Å².